The van der Waals surface area contributed by atoms with E-state index in [2.05, 4.69) is 63.7 Å². The van der Waals surface area contributed by atoms with Gasteiger partial charge in [-0.25, -0.2) is 30.0 Å². The van der Waals surface area contributed by atoms with E-state index in [0.29, 0.717) is 67.3 Å². The third kappa shape index (κ3) is 21.9. The first-order valence-corrected chi connectivity index (χ1v) is 23.8. The summed E-state index contributed by atoms with van der Waals surface area (Å²) < 4.78 is 11.2. The summed E-state index contributed by atoms with van der Waals surface area (Å²) in [6, 6.07) is 14.3. The van der Waals surface area contributed by atoms with Crippen molar-refractivity contribution in [2.24, 2.45) is 38.7 Å². The third-order valence-corrected chi connectivity index (χ3v) is 11.1. The highest BCUT2D eigenvalue weighted by molar-refractivity contribution is 5.87. The van der Waals surface area contributed by atoms with Crippen LogP contribution in [0.25, 0.3) is 0 Å². The molecule has 4 rings (SSSR count). The monoisotopic (exact) mass is 1020 g/mol. The summed E-state index contributed by atoms with van der Waals surface area (Å²) in [6.45, 7) is 17.1. The predicted octanol–water partition coefficient (Wildman–Crippen LogP) is 7.17. The summed E-state index contributed by atoms with van der Waals surface area (Å²) in [6.07, 6.45) is 1.36. The summed E-state index contributed by atoms with van der Waals surface area (Å²) in [5, 5.41) is 33.9. The number of nitrogens with zero attached hydrogens (tertiary/aromatic N) is 7. The first-order chi connectivity index (χ1) is 34.4. The minimum Gasteiger partial charge on any atom is -0.448 e. The number of non-ortho nitro benzene ring substituents is 1. The summed E-state index contributed by atoms with van der Waals surface area (Å²) in [7, 11) is 0. The number of nitro groups is 1. The number of carbonyl (C=O) groups excluding carboxylic acids is 4. The molecular weight excluding hydrogens is 947 g/mol. The van der Waals surface area contributed by atoms with Crippen molar-refractivity contribution in [1.29, 1.82) is 0 Å². The molecular formula is C48H69N15O10. The first kappa shape index (κ1) is 57.6. The lowest BCUT2D eigenvalue weighted by Crippen LogP contribution is -2.45. The van der Waals surface area contributed by atoms with Crippen molar-refractivity contribution in [3.63, 3.8) is 0 Å². The van der Waals surface area contributed by atoms with Crippen LogP contribution in [-0.4, -0.2) is 107 Å². The molecule has 25 heteroatoms. The molecule has 2 unspecified atom stereocenters. The van der Waals surface area contributed by atoms with Gasteiger partial charge in [0.05, 0.1) is 29.4 Å². The Morgan fingerprint density at radius 3 is 1.68 bits per heavy atom. The maximum absolute atomic E-state index is 13.1. The van der Waals surface area contributed by atoms with Crippen LogP contribution in [0.3, 0.4) is 0 Å². The van der Waals surface area contributed by atoms with Crippen LogP contribution in [0.1, 0.15) is 78.6 Å². The fraction of sp³-hybridized carbons (Fsp3) is 0.500. The molecule has 0 saturated carbocycles. The van der Waals surface area contributed by atoms with Crippen molar-refractivity contribution in [3.05, 3.63) is 103 Å². The number of ether oxygens (including phenoxy) is 2. The largest absolute Gasteiger partial charge is 0.448 e. The first-order valence-electron chi connectivity index (χ1n) is 23.8. The van der Waals surface area contributed by atoms with Crippen molar-refractivity contribution >= 4 is 58.9 Å². The van der Waals surface area contributed by atoms with Crippen molar-refractivity contribution < 1.29 is 33.6 Å². The molecule has 6 amide bonds. The quantitative estimate of drug-likeness (QED) is 0.0102. The highest BCUT2D eigenvalue weighted by Gasteiger charge is 2.27. The van der Waals surface area contributed by atoms with E-state index in [1.54, 1.807) is 38.1 Å². The zero-order chi connectivity index (χ0) is 53.7. The molecule has 2 heterocycles. The Morgan fingerprint density at radius 1 is 0.740 bits per heavy atom. The topological polar surface area (TPSA) is 339 Å². The Balaban J connectivity index is 1.25. The van der Waals surface area contributed by atoms with E-state index >= 15 is 0 Å². The van der Waals surface area contributed by atoms with E-state index < -0.39 is 45.7 Å². The molecule has 2 aromatic carbocycles. The van der Waals surface area contributed by atoms with Crippen LogP contribution >= 0.6 is 0 Å². The number of amides is 6. The number of nitrogens with one attached hydrogen (secondary N) is 7. The number of H-pyrrole nitrogens is 2. The van der Waals surface area contributed by atoms with Gasteiger partial charge in [-0.3, -0.25) is 30.3 Å². The molecule has 0 aliphatic heterocycles. The van der Waals surface area contributed by atoms with Gasteiger partial charge in [-0.05, 0) is 98.6 Å². The number of carbonyl (C=O) groups is 4. The highest BCUT2D eigenvalue weighted by atomic mass is 16.6. The Morgan fingerprint density at radius 2 is 1.21 bits per heavy atom. The number of rotatable bonds is 26. The number of azo groups is 1. The predicted molar refractivity (Wildman–Crippen MR) is 275 cm³/mol. The van der Waals surface area contributed by atoms with Crippen molar-refractivity contribution in [3.8, 4) is 0 Å². The van der Waals surface area contributed by atoms with Crippen LogP contribution in [0, 0.1) is 46.6 Å². The third-order valence-electron chi connectivity index (χ3n) is 11.1. The smallest absolute Gasteiger partial charge is 0.424 e. The number of benzene rings is 2. The molecule has 9 N–H and O–H groups in total. The van der Waals surface area contributed by atoms with Crippen LogP contribution in [-0.2, 0) is 9.47 Å². The minimum absolute atomic E-state index is 0.0156. The van der Waals surface area contributed by atoms with E-state index in [9.17, 15) is 38.9 Å². The second-order valence-corrected chi connectivity index (χ2v) is 19.5. The lowest BCUT2D eigenvalue weighted by molar-refractivity contribution is -0.384. The van der Waals surface area contributed by atoms with Gasteiger partial charge in [0.2, 0.25) is 11.9 Å². The molecule has 2 atom stereocenters. The van der Waals surface area contributed by atoms with Crippen LogP contribution in [0.2, 0.25) is 0 Å². The number of aromatic amines is 2. The van der Waals surface area contributed by atoms with Crippen LogP contribution in [0.4, 0.5) is 53.8 Å². The fourth-order valence-corrected chi connectivity index (χ4v) is 7.99. The van der Waals surface area contributed by atoms with Gasteiger partial charge in [-0.1, -0.05) is 41.5 Å². The normalized spacial score (nSPS) is 12.3. The van der Waals surface area contributed by atoms with E-state index in [4.69, 9.17) is 15.3 Å². The van der Waals surface area contributed by atoms with Gasteiger partial charge >= 0.3 is 24.2 Å². The Hall–Kier alpha value is -7.96. The number of aryl methyl sites for hydroxylation is 2. The Kier molecular flexibility index (Phi) is 21.8. The SMILES string of the molecule is Cc1cc(=O)nc(NC(=O)NCCC(C)CC(C)(C)CNC(=O)OCCN(CCOC(=O)N(N)CC(C)(C)CC(C)CCNC(=O)Nc2nc(=O)cc(C)[nH]2)c2ccc(/N=N/c3ccc([N+](=O)[O-])cc3)cc2)[nH]1. The van der Waals surface area contributed by atoms with E-state index in [-0.39, 0.29) is 67.7 Å². The average Bonchev–Trinajstić information content (AvgIpc) is 3.28. The van der Waals surface area contributed by atoms with Crippen LogP contribution < -0.4 is 48.4 Å². The fourth-order valence-electron chi connectivity index (χ4n) is 7.99. The number of alkyl carbamates (subject to hydrolysis) is 1. The number of urea groups is 2. The van der Waals surface area contributed by atoms with E-state index in [0.717, 1.165) is 11.4 Å². The van der Waals surface area contributed by atoms with Gasteiger partial charge in [-0.2, -0.15) is 20.2 Å². The second-order valence-electron chi connectivity index (χ2n) is 19.5. The van der Waals surface area contributed by atoms with E-state index in [1.807, 2.05) is 39.5 Å². The summed E-state index contributed by atoms with van der Waals surface area (Å²) in [5.74, 6) is 6.66. The second kappa shape index (κ2) is 27.6. The van der Waals surface area contributed by atoms with Crippen LogP contribution in [0.15, 0.2) is 80.5 Å². The number of nitrogens with two attached hydrogens (primary N) is 1. The van der Waals surface area contributed by atoms with Crippen LogP contribution in [0.5, 0.6) is 0 Å². The lowest BCUT2D eigenvalue weighted by atomic mass is 9.82. The minimum atomic E-state index is -0.729. The van der Waals surface area contributed by atoms with Gasteiger partial charge in [-0.15, -0.1) is 0 Å². The van der Waals surface area contributed by atoms with Crippen molar-refractivity contribution in [2.75, 3.05) is 68.0 Å². The molecule has 0 radical (unpaired) electrons. The molecule has 0 bridgehead atoms. The van der Waals surface area contributed by atoms with Crippen molar-refractivity contribution in [2.45, 2.75) is 81.1 Å². The molecule has 0 aliphatic rings. The number of hydrazine groups is 1. The van der Waals surface area contributed by atoms with Gasteiger partial charge in [0, 0.05) is 67.5 Å². The molecule has 396 valence electrons. The Bertz CT molecular complexity index is 2620. The molecule has 0 saturated heterocycles. The number of aromatic nitrogens is 4. The van der Waals surface area contributed by atoms with Gasteiger partial charge < -0.3 is 40.3 Å². The number of hydrogen-bond acceptors (Lipinski definition) is 16. The molecule has 25 nitrogen and oxygen atoms in total. The zero-order valence-corrected chi connectivity index (χ0v) is 42.7. The standard InChI is InChI=1S/C48H69N15O10/c1-31(17-19-50-43(66)57-41-53-33(3)25-39(64)55-41)27-47(5,6)29-52-45(68)72-23-21-61(37-13-9-35(10-14-37)59-60-36-11-15-38(16-12-36)63(70)71)22-24-73-46(69)62(49)30-48(7,8)28-32(2)18-20-51-44(67)58-42-54-34(4)26-40(65)56-42/h9-16,25-26,31-32H,17-24,27-30,49H2,1-8H3,(H,52,68)(H3,50,53,55,57,64,66)(H3,51,54,56,58,65,67)/b60-59+. The van der Waals surface area contributed by atoms with Gasteiger partial charge in [0.15, 0.2) is 0 Å². The molecule has 0 aliphatic carbocycles. The van der Waals surface area contributed by atoms with Gasteiger partial charge in [0.25, 0.3) is 16.8 Å². The molecule has 4 aromatic rings. The number of nitro benzene ring substituents is 1. The van der Waals surface area contributed by atoms with Crippen molar-refractivity contribution in [1.82, 2.24) is 40.9 Å². The highest BCUT2D eigenvalue weighted by Crippen LogP contribution is 2.29. The number of anilines is 3. The van der Waals surface area contributed by atoms with Gasteiger partial charge in [0.1, 0.15) is 13.2 Å². The summed E-state index contributed by atoms with van der Waals surface area (Å²) in [4.78, 5) is 99.5. The summed E-state index contributed by atoms with van der Waals surface area (Å²) >= 11 is 0. The number of hydrogen-bond donors (Lipinski definition) is 8. The summed E-state index contributed by atoms with van der Waals surface area (Å²) in [5.41, 5.74) is 1.04. The average molecular weight is 1020 g/mol. The zero-order valence-electron chi connectivity index (χ0n) is 42.7. The molecule has 0 fully saturated rings. The Labute approximate surface area is 423 Å². The molecule has 0 spiro atoms. The lowest BCUT2D eigenvalue weighted by Gasteiger charge is -2.32. The maximum Gasteiger partial charge on any atom is 0.424 e. The molecule has 2 aromatic heterocycles. The van der Waals surface area contributed by atoms with E-state index in [1.165, 1.54) is 36.4 Å². The maximum atomic E-state index is 13.1. The molecule has 73 heavy (non-hydrogen) atoms.